The molecule has 0 saturated heterocycles. The average molecular weight is 189 g/mol. The molecule has 0 bridgehead atoms. The van der Waals surface area contributed by atoms with E-state index >= 15 is 0 Å². The fraction of sp³-hybridized carbons (Fsp3) is 0.875. The lowest BCUT2D eigenvalue weighted by atomic mass is 10.1. The van der Waals surface area contributed by atoms with Gasteiger partial charge in [-0.05, 0) is 12.8 Å². The van der Waals surface area contributed by atoms with E-state index in [4.69, 9.17) is 0 Å². The fourth-order valence-corrected chi connectivity index (χ4v) is 0.917. The van der Waals surface area contributed by atoms with Crippen molar-refractivity contribution in [2.24, 2.45) is 0 Å². The van der Waals surface area contributed by atoms with Crippen molar-refractivity contribution in [1.29, 1.82) is 0 Å². The predicted octanol–water partition coefficient (Wildman–Crippen LogP) is 1.38. The van der Waals surface area contributed by atoms with Gasteiger partial charge in [0, 0.05) is 24.7 Å². The van der Waals surface area contributed by atoms with E-state index < -0.39 is 6.04 Å². The lowest BCUT2D eigenvalue weighted by Gasteiger charge is -2.02. The summed E-state index contributed by atoms with van der Waals surface area (Å²) in [6, 6.07) is -0.516. The number of hydrogen-bond acceptors (Lipinski definition) is 4. The summed E-state index contributed by atoms with van der Waals surface area (Å²) in [4.78, 5) is 20.5. The summed E-state index contributed by atoms with van der Waals surface area (Å²) in [6.45, 7) is 1.57. The van der Waals surface area contributed by atoms with Crippen molar-refractivity contribution in [3.8, 4) is 0 Å². The minimum absolute atomic E-state index is 0.256. The maximum atomic E-state index is 10.6. The highest BCUT2D eigenvalue weighted by Crippen LogP contribution is 2.05. The Bertz CT molecular complexity index is 181. The molecule has 5 nitrogen and oxygen atoms in total. The largest absolute Gasteiger partial charge is 0.469 e. The molecule has 0 aliphatic carbocycles. The van der Waals surface area contributed by atoms with Gasteiger partial charge < -0.3 is 4.74 Å². The molecule has 0 aromatic rings. The Labute approximate surface area is 77.2 Å². The van der Waals surface area contributed by atoms with Gasteiger partial charge in [-0.3, -0.25) is 14.9 Å². The molecule has 0 fully saturated rings. The minimum Gasteiger partial charge on any atom is -0.469 e. The number of carbonyl (C=O) groups is 1. The smallest absolute Gasteiger partial charge is 0.305 e. The summed E-state index contributed by atoms with van der Waals surface area (Å²) in [6.07, 6.45) is 2.22. The molecule has 0 saturated carbocycles. The number of unbranched alkanes of at least 4 members (excludes halogenated alkanes) is 1. The quantitative estimate of drug-likeness (QED) is 0.274. The molecule has 0 heterocycles. The van der Waals surface area contributed by atoms with Crippen LogP contribution in [0.2, 0.25) is 0 Å². The standard InChI is InChI=1S/C8H15NO4/c1-7(9(11)12)5-3-4-6-8(10)13-2/h7H,3-6H2,1-2H3. The van der Waals surface area contributed by atoms with Gasteiger partial charge in [0.05, 0.1) is 7.11 Å². The maximum absolute atomic E-state index is 10.6. The molecule has 5 heteroatoms. The van der Waals surface area contributed by atoms with Crippen molar-refractivity contribution in [1.82, 2.24) is 0 Å². The van der Waals surface area contributed by atoms with E-state index in [1.807, 2.05) is 0 Å². The topological polar surface area (TPSA) is 69.4 Å². The summed E-state index contributed by atoms with van der Waals surface area (Å²) in [5, 5.41) is 10.2. The molecule has 1 atom stereocenters. The Morgan fingerprint density at radius 3 is 2.62 bits per heavy atom. The number of rotatable bonds is 6. The molecule has 0 aromatic carbocycles. The van der Waals surface area contributed by atoms with Crippen molar-refractivity contribution in [3.63, 3.8) is 0 Å². The van der Waals surface area contributed by atoms with E-state index in [0.717, 1.165) is 0 Å². The molecule has 1 unspecified atom stereocenters. The molecule has 0 aliphatic rings. The molecule has 76 valence electrons. The van der Waals surface area contributed by atoms with E-state index in [2.05, 4.69) is 4.74 Å². The van der Waals surface area contributed by atoms with Gasteiger partial charge in [0.2, 0.25) is 6.04 Å². The Morgan fingerprint density at radius 1 is 1.54 bits per heavy atom. The Hall–Kier alpha value is -1.13. The summed E-state index contributed by atoms with van der Waals surface area (Å²) in [5.41, 5.74) is 0. The van der Waals surface area contributed by atoms with Crippen LogP contribution in [0.4, 0.5) is 0 Å². The first-order valence-corrected chi connectivity index (χ1v) is 4.28. The van der Waals surface area contributed by atoms with Crippen LogP contribution in [0.3, 0.4) is 0 Å². The first-order chi connectivity index (χ1) is 6.07. The van der Waals surface area contributed by atoms with Crippen LogP contribution in [0.25, 0.3) is 0 Å². The average Bonchev–Trinajstić information content (AvgIpc) is 2.11. The summed E-state index contributed by atoms with van der Waals surface area (Å²) in [7, 11) is 1.34. The highest BCUT2D eigenvalue weighted by molar-refractivity contribution is 5.68. The van der Waals surface area contributed by atoms with E-state index in [-0.39, 0.29) is 10.9 Å². The van der Waals surface area contributed by atoms with Gasteiger partial charge in [-0.15, -0.1) is 0 Å². The number of esters is 1. The van der Waals surface area contributed by atoms with Gasteiger partial charge in [-0.1, -0.05) is 0 Å². The number of methoxy groups -OCH3 is 1. The first kappa shape index (κ1) is 11.9. The first-order valence-electron chi connectivity index (χ1n) is 4.28. The second-order valence-electron chi connectivity index (χ2n) is 2.96. The molecule has 13 heavy (non-hydrogen) atoms. The maximum Gasteiger partial charge on any atom is 0.305 e. The van der Waals surface area contributed by atoms with Crippen molar-refractivity contribution in [3.05, 3.63) is 10.1 Å². The Morgan fingerprint density at radius 2 is 2.15 bits per heavy atom. The van der Waals surface area contributed by atoms with E-state index in [1.165, 1.54) is 7.11 Å². The Kier molecular flexibility index (Phi) is 5.84. The van der Waals surface area contributed by atoms with E-state index in [1.54, 1.807) is 6.92 Å². The van der Waals surface area contributed by atoms with Gasteiger partial charge >= 0.3 is 5.97 Å². The fourth-order valence-electron chi connectivity index (χ4n) is 0.917. The zero-order valence-electron chi connectivity index (χ0n) is 7.99. The number of ether oxygens (including phenoxy) is 1. The van der Waals surface area contributed by atoms with E-state index in [0.29, 0.717) is 25.7 Å². The second-order valence-corrected chi connectivity index (χ2v) is 2.96. The van der Waals surface area contributed by atoms with Gasteiger partial charge in [0.25, 0.3) is 0 Å². The van der Waals surface area contributed by atoms with Crippen LogP contribution in [0.5, 0.6) is 0 Å². The molecule has 0 amide bonds. The van der Waals surface area contributed by atoms with Crippen LogP contribution < -0.4 is 0 Å². The van der Waals surface area contributed by atoms with Crippen LogP contribution in [0, 0.1) is 10.1 Å². The lowest BCUT2D eigenvalue weighted by molar-refractivity contribution is -0.519. The third-order valence-electron chi connectivity index (χ3n) is 1.84. The molecule has 0 aliphatic heterocycles. The van der Waals surface area contributed by atoms with Crippen molar-refractivity contribution in [2.75, 3.05) is 7.11 Å². The van der Waals surface area contributed by atoms with Crippen LogP contribution in [-0.2, 0) is 9.53 Å². The van der Waals surface area contributed by atoms with Crippen LogP contribution in [0.15, 0.2) is 0 Å². The Balaban J connectivity index is 3.35. The molecular weight excluding hydrogens is 174 g/mol. The second kappa shape index (κ2) is 6.39. The highest BCUT2D eigenvalue weighted by Gasteiger charge is 2.11. The molecular formula is C8H15NO4. The zero-order valence-corrected chi connectivity index (χ0v) is 7.99. The van der Waals surface area contributed by atoms with Crippen molar-refractivity contribution in [2.45, 2.75) is 38.6 Å². The van der Waals surface area contributed by atoms with Gasteiger partial charge in [0.1, 0.15) is 0 Å². The van der Waals surface area contributed by atoms with Gasteiger partial charge in [0.15, 0.2) is 0 Å². The minimum atomic E-state index is -0.516. The normalized spacial score (nSPS) is 12.2. The van der Waals surface area contributed by atoms with Crippen molar-refractivity contribution >= 4 is 5.97 Å². The molecule has 0 aromatic heterocycles. The number of carbonyl (C=O) groups excluding carboxylic acids is 1. The van der Waals surface area contributed by atoms with Crippen LogP contribution >= 0.6 is 0 Å². The highest BCUT2D eigenvalue weighted by atomic mass is 16.6. The summed E-state index contributed by atoms with van der Waals surface area (Å²) < 4.78 is 4.43. The lowest BCUT2D eigenvalue weighted by Crippen LogP contribution is -2.14. The van der Waals surface area contributed by atoms with Crippen LogP contribution in [-0.4, -0.2) is 24.0 Å². The molecule has 0 radical (unpaired) electrons. The third-order valence-corrected chi connectivity index (χ3v) is 1.84. The number of nitrogens with zero attached hydrogens (tertiary/aromatic N) is 1. The van der Waals surface area contributed by atoms with Gasteiger partial charge in [-0.2, -0.15) is 0 Å². The predicted molar refractivity (Wildman–Crippen MR) is 46.9 cm³/mol. The van der Waals surface area contributed by atoms with Crippen LogP contribution in [0.1, 0.15) is 32.6 Å². The third kappa shape index (κ3) is 6.07. The number of hydrogen-bond donors (Lipinski definition) is 0. The van der Waals surface area contributed by atoms with Crippen molar-refractivity contribution < 1.29 is 14.5 Å². The number of nitro groups is 1. The zero-order chi connectivity index (χ0) is 10.3. The summed E-state index contributed by atoms with van der Waals surface area (Å²) in [5.74, 6) is -0.256. The monoisotopic (exact) mass is 189 g/mol. The SMILES string of the molecule is COC(=O)CCCCC(C)[N+](=O)[O-]. The summed E-state index contributed by atoms with van der Waals surface area (Å²) >= 11 is 0. The van der Waals surface area contributed by atoms with E-state index in [9.17, 15) is 14.9 Å². The molecule has 0 rings (SSSR count). The molecule has 0 spiro atoms. The van der Waals surface area contributed by atoms with Gasteiger partial charge in [-0.25, -0.2) is 0 Å². The molecule has 0 N–H and O–H groups in total.